The zero-order valence-electron chi connectivity index (χ0n) is 12.2. The number of halogens is 1. The molecule has 2 N–H and O–H groups in total. The van der Waals surface area contributed by atoms with E-state index >= 15 is 0 Å². The predicted octanol–water partition coefficient (Wildman–Crippen LogP) is 2.89. The van der Waals surface area contributed by atoms with Gasteiger partial charge in [-0.3, -0.25) is 4.79 Å². The molecular weight excluding hydrogens is 316 g/mol. The monoisotopic (exact) mass is 338 g/mol. The third-order valence-corrected chi connectivity index (χ3v) is 5.05. The molecule has 1 aliphatic rings. The van der Waals surface area contributed by atoms with Gasteiger partial charge in [0.25, 0.3) is 0 Å². The van der Waals surface area contributed by atoms with Crippen LogP contribution in [0.25, 0.3) is 0 Å². The van der Waals surface area contributed by atoms with E-state index in [-0.39, 0.29) is 5.91 Å². The number of likely N-dealkylation sites (tertiary alicyclic amines) is 1. The first kappa shape index (κ1) is 15.5. The van der Waals surface area contributed by atoms with Gasteiger partial charge in [0.1, 0.15) is 0 Å². The fourth-order valence-electron chi connectivity index (χ4n) is 2.92. The number of carbonyl (C=O) groups excluding carboxylic acids is 1. The molecule has 0 spiro atoms. The van der Waals surface area contributed by atoms with E-state index in [1.165, 1.54) is 11.1 Å². The molecule has 1 heterocycles. The van der Waals surface area contributed by atoms with Gasteiger partial charge in [0, 0.05) is 23.5 Å². The van der Waals surface area contributed by atoms with Crippen molar-refractivity contribution < 1.29 is 4.79 Å². The molecule has 0 saturated carbocycles. The van der Waals surface area contributed by atoms with E-state index in [1.54, 1.807) is 0 Å². The van der Waals surface area contributed by atoms with Gasteiger partial charge in [0.15, 0.2) is 0 Å². The van der Waals surface area contributed by atoms with Crippen molar-refractivity contribution in [1.29, 1.82) is 0 Å². The summed E-state index contributed by atoms with van der Waals surface area (Å²) >= 11 is 3.50. The number of aryl methyl sites for hydroxylation is 2. The molecular formula is C16H23BrN2O. The van der Waals surface area contributed by atoms with Gasteiger partial charge < -0.3 is 10.6 Å². The Morgan fingerprint density at radius 3 is 2.85 bits per heavy atom. The molecule has 2 unspecified atom stereocenters. The van der Waals surface area contributed by atoms with Crippen LogP contribution >= 0.6 is 15.9 Å². The van der Waals surface area contributed by atoms with Gasteiger partial charge >= 0.3 is 0 Å². The Labute approximate surface area is 129 Å². The average molecular weight is 339 g/mol. The minimum Gasteiger partial charge on any atom is -0.340 e. The third-order valence-electron chi connectivity index (χ3n) is 4.16. The van der Waals surface area contributed by atoms with Crippen molar-refractivity contribution in [2.45, 2.75) is 39.2 Å². The summed E-state index contributed by atoms with van der Waals surface area (Å²) in [4.78, 5) is 14.3. The standard InChI is InChI=1S/C16H23BrN2O/c1-11-7-13(3-5-15(11)17)4-6-16(20)19-10-14(9-18)8-12(19)2/h3,5,7,12,14H,4,6,8-10,18H2,1-2H3. The van der Waals surface area contributed by atoms with Crippen molar-refractivity contribution in [2.75, 3.05) is 13.1 Å². The summed E-state index contributed by atoms with van der Waals surface area (Å²) in [7, 11) is 0. The van der Waals surface area contributed by atoms with Crippen LogP contribution in [0.4, 0.5) is 0 Å². The number of hydrogen-bond donors (Lipinski definition) is 1. The molecule has 1 fully saturated rings. The van der Waals surface area contributed by atoms with Gasteiger partial charge in [-0.25, -0.2) is 0 Å². The van der Waals surface area contributed by atoms with Gasteiger partial charge in [-0.15, -0.1) is 0 Å². The Kier molecular flexibility index (Phi) is 5.22. The number of benzene rings is 1. The topological polar surface area (TPSA) is 46.3 Å². The van der Waals surface area contributed by atoms with Crippen molar-refractivity contribution in [3.8, 4) is 0 Å². The predicted molar refractivity (Wildman–Crippen MR) is 85.5 cm³/mol. The van der Waals surface area contributed by atoms with Crippen molar-refractivity contribution in [3.05, 3.63) is 33.8 Å². The van der Waals surface area contributed by atoms with Gasteiger partial charge in [-0.2, -0.15) is 0 Å². The van der Waals surface area contributed by atoms with Gasteiger partial charge in [-0.05, 0) is 56.3 Å². The van der Waals surface area contributed by atoms with Crippen LogP contribution in [0.15, 0.2) is 22.7 Å². The first-order valence-corrected chi connectivity index (χ1v) is 8.05. The number of hydrogen-bond acceptors (Lipinski definition) is 2. The van der Waals surface area contributed by atoms with Crippen LogP contribution in [-0.4, -0.2) is 29.9 Å². The number of carbonyl (C=O) groups is 1. The van der Waals surface area contributed by atoms with Crippen LogP contribution < -0.4 is 5.73 Å². The second-order valence-electron chi connectivity index (χ2n) is 5.82. The van der Waals surface area contributed by atoms with E-state index in [2.05, 4.69) is 48.0 Å². The minimum absolute atomic E-state index is 0.258. The first-order valence-electron chi connectivity index (χ1n) is 7.25. The van der Waals surface area contributed by atoms with Crippen molar-refractivity contribution in [1.82, 2.24) is 4.90 Å². The summed E-state index contributed by atoms with van der Waals surface area (Å²) in [6.07, 6.45) is 2.44. The van der Waals surface area contributed by atoms with Gasteiger partial charge in [0.05, 0.1) is 0 Å². The third kappa shape index (κ3) is 3.61. The Morgan fingerprint density at radius 2 is 2.25 bits per heavy atom. The van der Waals surface area contributed by atoms with Crippen LogP contribution in [0.3, 0.4) is 0 Å². The van der Waals surface area contributed by atoms with Crippen molar-refractivity contribution >= 4 is 21.8 Å². The van der Waals surface area contributed by atoms with Crippen molar-refractivity contribution in [2.24, 2.45) is 11.7 Å². The molecule has 1 aliphatic heterocycles. The fourth-order valence-corrected chi connectivity index (χ4v) is 3.16. The molecule has 1 amide bonds. The van der Waals surface area contributed by atoms with Crippen LogP contribution in [-0.2, 0) is 11.2 Å². The quantitative estimate of drug-likeness (QED) is 0.917. The highest BCUT2D eigenvalue weighted by Crippen LogP contribution is 2.23. The lowest BCUT2D eigenvalue weighted by Crippen LogP contribution is -2.34. The van der Waals surface area contributed by atoms with Crippen LogP contribution in [0.1, 0.15) is 30.9 Å². The second kappa shape index (κ2) is 6.72. The first-order chi connectivity index (χ1) is 9.51. The zero-order valence-corrected chi connectivity index (χ0v) is 13.8. The van der Waals surface area contributed by atoms with E-state index in [1.807, 2.05) is 4.90 Å². The molecule has 1 aromatic carbocycles. The lowest BCUT2D eigenvalue weighted by molar-refractivity contribution is -0.131. The smallest absolute Gasteiger partial charge is 0.223 e. The van der Waals surface area contributed by atoms with E-state index in [0.29, 0.717) is 24.9 Å². The molecule has 0 bridgehead atoms. The van der Waals surface area contributed by atoms with Crippen molar-refractivity contribution in [3.63, 3.8) is 0 Å². The Balaban J connectivity index is 1.90. The zero-order chi connectivity index (χ0) is 14.7. The molecule has 1 aromatic rings. The lowest BCUT2D eigenvalue weighted by atomic mass is 10.1. The van der Waals surface area contributed by atoms with Gasteiger partial charge in [0.2, 0.25) is 5.91 Å². The molecule has 4 heteroatoms. The molecule has 0 aromatic heterocycles. The van der Waals surface area contributed by atoms with E-state index in [9.17, 15) is 4.79 Å². The molecule has 2 atom stereocenters. The summed E-state index contributed by atoms with van der Waals surface area (Å²) in [5.74, 6) is 0.734. The largest absolute Gasteiger partial charge is 0.340 e. The lowest BCUT2D eigenvalue weighted by Gasteiger charge is -2.21. The molecule has 0 radical (unpaired) electrons. The Morgan fingerprint density at radius 1 is 1.50 bits per heavy atom. The number of rotatable bonds is 4. The molecule has 2 rings (SSSR count). The van der Waals surface area contributed by atoms with E-state index < -0.39 is 0 Å². The highest BCUT2D eigenvalue weighted by molar-refractivity contribution is 9.10. The molecule has 3 nitrogen and oxygen atoms in total. The second-order valence-corrected chi connectivity index (χ2v) is 6.67. The molecule has 110 valence electrons. The van der Waals surface area contributed by atoms with Crippen LogP contribution in [0.5, 0.6) is 0 Å². The summed E-state index contributed by atoms with van der Waals surface area (Å²) in [5.41, 5.74) is 8.15. The highest BCUT2D eigenvalue weighted by atomic mass is 79.9. The molecule has 0 aliphatic carbocycles. The summed E-state index contributed by atoms with van der Waals surface area (Å²) in [6, 6.07) is 6.62. The normalized spacial score (nSPS) is 22.3. The van der Waals surface area contributed by atoms with Crippen LogP contribution in [0, 0.1) is 12.8 Å². The maximum absolute atomic E-state index is 12.3. The maximum atomic E-state index is 12.3. The molecule has 1 saturated heterocycles. The summed E-state index contributed by atoms with van der Waals surface area (Å²) in [6.45, 7) is 5.71. The Hall–Kier alpha value is -0.870. The number of amides is 1. The Bertz CT molecular complexity index is 489. The summed E-state index contributed by atoms with van der Waals surface area (Å²) in [5, 5.41) is 0. The maximum Gasteiger partial charge on any atom is 0.223 e. The van der Waals surface area contributed by atoms with E-state index in [0.717, 1.165) is 23.9 Å². The van der Waals surface area contributed by atoms with E-state index in [4.69, 9.17) is 5.73 Å². The fraction of sp³-hybridized carbons (Fsp3) is 0.562. The minimum atomic E-state index is 0.258. The highest BCUT2D eigenvalue weighted by Gasteiger charge is 2.30. The summed E-state index contributed by atoms with van der Waals surface area (Å²) < 4.78 is 1.12. The molecule has 20 heavy (non-hydrogen) atoms. The average Bonchev–Trinajstić information content (AvgIpc) is 2.81. The number of nitrogens with zero attached hydrogens (tertiary/aromatic N) is 1. The van der Waals surface area contributed by atoms with Gasteiger partial charge in [-0.1, -0.05) is 28.1 Å². The SMILES string of the molecule is Cc1cc(CCC(=O)N2CC(CN)CC2C)ccc1Br. The van der Waals surface area contributed by atoms with Crippen LogP contribution in [0.2, 0.25) is 0 Å². The number of nitrogens with two attached hydrogens (primary N) is 1.